The first-order chi connectivity index (χ1) is 20.9. The molecule has 9 nitrogen and oxygen atoms in total. The molecular weight excluding hydrogens is 628 g/mol. The van der Waals surface area contributed by atoms with Crippen molar-refractivity contribution in [1.29, 1.82) is 0 Å². The van der Waals surface area contributed by atoms with E-state index in [1.165, 1.54) is 59.2 Å². The Labute approximate surface area is 297 Å². The summed E-state index contributed by atoms with van der Waals surface area (Å²) >= 11 is 8.12. The lowest BCUT2D eigenvalue weighted by Crippen LogP contribution is -3.00. The second-order valence-corrected chi connectivity index (χ2v) is 14.0. The Morgan fingerprint density at radius 1 is 0.844 bits per heavy atom. The zero-order valence-electron chi connectivity index (χ0n) is 31.1. The molecule has 0 aromatic carbocycles. The smallest absolute Gasteiger partial charge is 0.323 e. The van der Waals surface area contributed by atoms with E-state index in [2.05, 4.69) is 98.7 Å². The maximum Gasteiger partial charge on any atom is 0.323 e. The number of likely N-dealkylation sites (tertiary alicyclic amines) is 1. The first kappa shape index (κ1) is 49.6. The number of ether oxygens (including phenoxy) is 2. The standard InChI is InChI=1S/C9H17NO2.C8H18N2.C7H15NO.C5H13NS.C4H11NS.ClH/c1-3-6-10-7-4-5-8(10)9(11)12-2;1-3-4-10-7-5-9(2)6-8-10;1-2-3-8-4-6-9-7-5-8;1-6(2,3)4-5-7;1-5(2)3-4-6;/h8H,3-7H2,1-2H3;3-8H2,1-2H3;2-7H2,1H3;4-5H2,1-3H3;6H,3-4H2,1-2H3;1H. The fourth-order valence-electron chi connectivity index (χ4n) is 4.81. The topological polar surface area (TPSA) is 51.7 Å². The van der Waals surface area contributed by atoms with Crippen molar-refractivity contribution in [1.82, 2.24) is 24.5 Å². The van der Waals surface area contributed by atoms with Gasteiger partial charge in [-0.1, -0.05) is 20.8 Å². The number of methoxy groups -OCH3 is 1. The summed E-state index contributed by atoms with van der Waals surface area (Å²) in [6.07, 6.45) is 5.75. The van der Waals surface area contributed by atoms with Crippen molar-refractivity contribution in [2.45, 2.75) is 58.9 Å². The number of hydrogen-bond donors (Lipinski definition) is 2. The number of piperazine rings is 1. The van der Waals surface area contributed by atoms with Gasteiger partial charge in [-0.05, 0) is 79.4 Å². The highest BCUT2D eigenvalue weighted by Crippen LogP contribution is 2.18. The number of carbonyl (C=O) groups excluding carboxylic acids is 1. The number of likely N-dealkylation sites (N-methyl/N-ethyl adjacent to an activating group) is 1. The second kappa shape index (κ2) is 32.7. The van der Waals surface area contributed by atoms with E-state index in [1.807, 2.05) is 14.1 Å². The van der Waals surface area contributed by atoms with Crippen LogP contribution >= 0.6 is 25.3 Å². The van der Waals surface area contributed by atoms with Crippen LogP contribution in [0.1, 0.15) is 52.9 Å². The maximum atomic E-state index is 11.2. The highest BCUT2D eigenvalue weighted by Gasteiger charge is 2.30. The van der Waals surface area contributed by atoms with Crippen LogP contribution in [0.2, 0.25) is 0 Å². The number of quaternary nitrogens is 1. The molecule has 0 aliphatic carbocycles. The van der Waals surface area contributed by atoms with Gasteiger partial charge in [0.2, 0.25) is 0 Å². The lowest BCUT2D eigenvalue weighted by molar-refractivity contribution is -0.867. The van der Waals surface area contributed by atoms with Gasteiger partial charge in [-0.2, -0.15) is 25.3 Å². The molecule has 0 aromatic heterocycles. The van der Waals surface area contributed by atoms with Crippen LogP contribution in [0.3, 0.4) is 0 Å². The molecule has 3 saturated heterocycles. The van der Waals surface area contributed by atoms with Gasteiger partial charge >= 0.3 is 5.97 Å². The molecule has 1 unspecified atom stereocenters. The zero-order chi connectivity index (χ0) is 33.8. The van der Waals surface area contributed by atoms with E-state index in [0.717, 1.165) is 87.7 Å². The highest BCUT2D eigenvalue weighted by molar-refractivity contribution is 7.80. The highest BCUT2D eigenvalue weighted by atomic mass is 35.5. The van der Waals surface area contributed by atoms with E-state index < -0.39 is 0 Å². The van der Waals surface area contributed by atoms with Crippen molar-refractivity contribution in [2.75, 3.05) is 153 Å². The Balaban J connectivity index is -0.000000498. The largest absolute Gasteiger partial charge is 1.00 e. The Bertz CT molecular complexity index is 633. The van der Waals surface area contributed by atoms with Crippen molar-refractivity contribution >= 4 is 31.2 Å². The van der Waals surface area contributed by atoms with Gasteiger partial charge in [0.25, 0.3) is 0 Å². The average molecular weight is 704 g/mol. The molecule has 0 saturated carbocycles. The zero-order valence-corrected chi connectivity index (χ0v) is 33.7. The molecule has 3 fully saturated rings. The molecule has 12 heteroatoms. The van der Waals surface area contributed by atoms with Crippen LogP contribution in [-0.2, 0) is 14.3 Å². The van der Waals surface area contributed by atoms with Gasteiger partial charge < -0.3 is 41.1 Å². The minimum Gasteiger partial charge on any atom is -1.00 e. The molecule has 3 aliphatic rings. The van der Waals surface area contributed by atoms with Crippen LogP contribution in [0.5, 0.6) is 0 Å². The summed E-state index contributed by atoms with van der Waals surface area (Å²) in [5, 5.41) is 0. The third kappa shape index (κ3) is 31.2. The molecule has 3 aliphatic heterocycles. The minimum absolute atomic E-state index is 0. The Kier molecular flexibility index (Phi) is 36.0. The molecule has 274 valence electrons. The Morgan fingerprint density at radius 3 is 1.71 bits per heavy atom. The van der Waals surface area contributed by atoms with Crippen LogP contribution in [0.15, 0.2) is 0 Å². The number of hydrogen-bond acceptors (Lipinski definition) is 10. The molecule has 3 heterocycles. The molecule has 45 heavy (non-hydrogen) atoms. The van der Waals surface area contributed by atoms with Gasteiger partial charge in [0.15, 0.2) is 0 Å². The number of carbonyl (C=O) groups is 1. The summed E-state index contributed by atoms with van der Waals surface area (Å²) in [6.45, 7) is 22.6. The average Bonchev–Trinajstić information content (AvgIpc) is 3.44. The van der Waals surface area contributed by atoms with Crippen LogP contribution < -0.4 is 12.4 Å². The number of thiol groups is 2. The fraction of sp³-hybridized carbons (Fsp3) is 0.970. The molecule has 0 amide bonds. The van der Waals surface area contributed by atoms with Gasteiger partial charge in [0.1, 0.15) is 6.04 Å². The number of morpholine rings is 1. The van der Waals surface area contributed by atoms with Crippen molar-refractivity contribution in [2.24, 2.45) is 0 Å². The van der Waals surface area contributed by atoms with Gasteiger partial charge in [-0.15, -0.1) is 0 Å². The van der Waals surface area contributed by atoms with E-state index in [0.29, 0.717) is 0 Å². The number of halogens is 1. The Morgan fingerprint density at radius 2 is 1.36 bits per heavy atom. The van der Waals surface area contributed by atoms with Gasteiger partial charge in [-0.25, -0.2) is 0 Å². The predicted molar refractivity (Wildman–Crippen MR) is 198 cm³/mol. The van der Waals surface area contributed by atoms with Crippen LogP contribution in [0, 0.1) is 0 Å². The van der Waals surface area contributed by atoms with Crippen LogP contribution in [0.4, 0.5) is 0 Å². The number of esters is 1. The third-order valence-corrected chi connectivity index (χ3v) is 7.85. The maximum absolute atomic E-state index is 11.2. The van der Waals surface area contributed by atoms with Crippen molar-refractivity contribution in [3.63, 3.8) is 0 Å². The lowest BCUT2D eigenvalue weighted by Gasteiger charge is -2.31. The minimum atomic E-state index is -0.0686. The molecule has 1 atom stereocenters. The predicted octanol–water partition coefficient (Wildman–Crippen LogP) is 0.510. The molecule has 3 rings (SSSR count). The summed E-state index contributed by atoms with van der Waals surface area (Å²) in [6, 6.07) is 0.0370. The summed E-state index contributed by atoms with van der Waals surface area (Å²) in [7, 11) is 14.2. The van der Waals surface area contributed by atoms with E-state index in [-0.39, 0.29) is 24.4 Å². The molecular formula is C33H75ClN6O3S2. The quantitative estimate of drug-likeness (QED) is 0.184. The normalized spacial score (nSPS) is 19.4. The number of nitrogens with zero attached hydrogens (tertiary/aromatic N) is 6. The van der Waals surface area contributed by atoms with Gasteiger partial charge in [0, 0.05) is 57.3 Å². The SMILES string of the molecule is CCCN1CCCC1C(=O)OC.CCCN1CCN(C)CC1.CCCN1CCOCC1.CN(C)CCS.C[N+](C)(C)CCS.[Cl-]. The van der Waals surface area contributed by atoms with E-state index in [1.54, 1.807) is 0 Å². The van der Waals surface area contributed by atoms with Crippen LogP contribution in [0.25, 0.3) is 0 Å². The molecule has 0 aromatic rings. The van der Waals surface area contributed by atoms with E-state index >= 15 is 0 Å². The first-order valence-corrected chi connectivity index (χ1v) is 18.3. The van der Waals surface area contributed by atoms with Crippen LogP contribution in [-0.4, -0.2) is 194 Å². The summed E-state index contributed by atoms with van der Waals surface area (Å²) in [4.78, 5) is 22.9. The van der Waals surface area contributed by atoms with Crippen molar-refractivity contribution < 1.29 is 31.2 Å². The summed E-state index contributed by atoms with van der Waals surface area (Å²) in [5.74, 6) is 1.86. The Hall–Kier alpha value is 0.180. The first-order valence-electron chi connectivity index (χ1n) is 17.1. The molecule has 0 spiro atoms. The van der Waals surface area contributed by atoms with Crippen molar-refractivity contribution in [3.8, 4) is 0 Å². The van der Waals surface area contributed by atoms with Gasteiger partial charge in [0.05, 0.1) is 48.0 Å². The molecule has 0 N–H and O–H groups in total. The van der Waals surface area contributed by atoms with E-state index in [4.69, 9.17) is 9.47 Å². The lowest BCUT2D eigenvalue weighted by atomic mass is 10.2. The summed E-state index contributed by atoms with van der Waals surface area (Å²) in [5.41, 5.74) is 0. The van der Waals surface area contributed by atoms with Crippen molar-refractivity contribution in [3.05, 3.63) is 0 Å². The van der Waals surface area contributed by atoms with E-state index in [9.17, 15) is 4.79 Å². The number of rotatable bonds is 11. The molecule has 0 radical (unpaired) electrons. The van der Waals surface area contributed by atoms with Gasteiger partial charge in [-0.3, -0.25) is 14.6 Å². The second-order valence-electron chi connectivity index (χ2n) is 13.1. The fourth-order valence-corrected chi connectivity index (χ4v) is 5.81. The summed E-state index contributed by atoms with van der Waals surface area (Å²) < 4.78 is 11.0. The third-order valence-electron chi connectivity index (χ3n) is 7.45. The monoisotopic (exact) mass is 703 g/mol. The molecule has 0 bridgehead atoms.